The first kappa shape index (κ1) is 66.6. The molecule has 0 saturated carbocycles. The minimum Gasteiger partial charge on any atom is -0.465 e. The molecule has 2 N–H and O–H groups in total. The molecule has 1 rings (SSSR count). The summed E-state index contributed by atoms with van der Waals surface area (Å²) in [5.41, 5.74) is -1.14. The van der Waals surface area contributed by atoms with E-state index in [1.54, 1.807) is 0 Å². The van der Waals surface area contributed by atoms with Gasteiger partial charge < -0.3 is 19.7 Å². The summed E-state index contributed by atoms with van der Waals surface area (Å²) in [7, 11) is 0. The van der Waals surface area contributed by atoms with Gasteiger partial charge in [-0.1, -0.05) is 327 Å². The van der Waals surface area contributed by atoms with Crippen molar-refractivity contribution in [3.05, 3.63) is 12.2 Å². The van der Waals surface area contributed by atoms with Crippen LogP contribution < -0.4 is 0 Å². The molecule has 6 nitrogen and oxygen atoms in total. The second-order valence-corrected chi connectivity index (χ2v) is 22.8. The third kappa shape index (κ3) is 45.2. The van der Waals surface area contributed by atoms with Crippen molar-refractivity contribution in [1.82, 2.24) is 0 Å². The highest BCUT2D eigenvalue weighted by Gasteiger charge is 2.36. The van der Waals surface area contributed by atoms with E-state index in [0.717, 1.165) is 6.42 Å². The topological polar surface area (TPSA) is 93.1 Å². The second-order valence-electron chi connectivity index (χ2n) is 22.8. The summed E-state index contributed by atoms with van der Waals surface area (Å²) in [6, 6.07) is 0. The quantitative estimate of drug-likeness (QED) is 0.0358. The Hall–Kier alpha value is -1.40. The molecule has 0 radical (unpaired) electrons. The smallest absolute Gasteiger partial charge is 0.309 e. The van der Waals surface area contributed by atoms with Gasteiger partial charge in [0.2, 0.25) is 0 Å². The van der Waals surface area contributed by atoms with Gasteiger partial charge in [-0.15, -0.1) is 0 Å². The molecule has 414 valence electrons. The number of aliphatic hydroxyl groups is 2. The zero-order valence-electron chi connectivity index (χ0n) is 47.1. The maximum absolute atomic E-state index is 12.5. The Bertz CT molecular complexity index is 1100. The Labute approximate surface area is 436 Å². The van der Waals surface area contributed by atoms with E-state index in [-0.39, 0.29) is 19.6 Å². The second kappa shape index (κ2) is 53.9. The van der Waals surface area contributed by atoms with Crippen LogP contribution in [0.5, 0.6) is 0 Å². The fraction of sp³-hybridized carbons (Fsp3) is 0.938. The van der Waals surface area contributed by atoms with E-state index in [1.165, 1.54) is 315 Å². The SMILES string of the molecule is CCCCCCCCCCCCCCCCCCCCCCCCCCCCCCCCCCCCCCCCCCCCCCCCCCC/C=C/CCC1CC(=O)OCC(CO)(CO)COC1=O. The molecule has 1 aliphatic rings. The number of ether oxygens (including phenoxy) is 2. The zero-order chi connectivity index (χ0) is 50.4. The maximum atomic E-state index is 12.5. The first-order chi connectivity index (χ1) is 34.6. The Morgan fingerprint density at radius 3 is 0.886 bits per heavy atom. The number of carbonyl (C=O) groups is 2. The molecule has 0 aromatic carbocycles. The van der Waals surface area contributed by atoms with E-state index >= 15 is 0 Å². The van der Waals surface area contributed by atoms with Crippen LogP contribution in [0.2, 0.25) is 0 Å². The summed E-state index contributed by atoms with van der Waals surface area (Å²) in [6.45, 7) is 1.16. The monoisotopic (exact) mass is 987 g/mol. The molecule has 0 amide bonds. The van der Waals surface area contributed by atoms with Crippen molar-refractivity contribution in [2.45, 2.75) is 347 Å². The summed E-state index contributed by atoms with van der Waals surface area (Å²) in [6.07, 6.45) is 77.4. The molecule has 0 aromatic heterocycles. The summed E-state index contributed by atoms with van der Waals surface area (Å²) < 4.78 is 10.6. The Morgan fingerprint density at radius 2 is 0.614 bits per heavy atom. The normalized spacial score (nSPS) is 15.3. The molecular formula is C64H122O6. The fourth-order valence-electron chi connectivity index (χ4n) is 10.6. The maximum Gasteiger partial charge on any atom is 0.309 e. The van der Waals surface area contributed by atoms with Crippen molar-refractivity contribution in [2.75, 3.05) is 26.4 Å². The number of unbranched alkanes of at least 4 members (excludes halogenated alkanes) is 49. The number of esters is 2. The van der Waals surface area contributed by atoms with E-state index in [1.807, 2.05) is 0 Å². The number of hydrogen-bond acceptors (Lipinski definition) is 6. The van der Waals surface area contributed by atoms with Gasteiger partial charge >= 0.3 is 11.9 Å². The average Bonchev–Trinajstić information content (AvgIpc) is 3.43. The highest BCUT2D eigenvalue weighted by Crippen LogP contribution is 2.25. The van der Waals surface area contributed by atoms with Gasteiger partial charge in [0.1, 0.15) is 13.2 Å². The van der Waals surface area contributed by atoms with Crippen LogP contribution >= 0.6 is 0 Å². The highest BCUT2D eigenvalue weighted by molar-refractivity contribution is 5.80. The highest BCUT2D eigenvalue weighted by atomic mass is 16.6. The van der Waals surface area contributed by atoms with Crippen molar-refractivity contribution in [3.8, 4) is 0 Å². The molecule has 1 unspecified atom stereocenters. The summed E-state index contributed by atoms with van der Waals surface area (Å²) in [5.74, 6) is -1.50. The standard InChI is InChI=1S/C64H122O6/c1-2-3-4-5-6-7-8-9-10-11-12-13-14-15-16-17-18-19-20-21-22-23-24-25-26-27-28-29-30-31-32-33-34-35-36-37-38-39-40-41-42-43-44-45-46-47-48-49-50-51-52-53-54-55-61-56-62(67)69-59-64(57-65,58-66)60-70-63(61)68/h52-53,61,65-66H,2-51,54-60H2,1H3/b53-52+. The summed E-state index contributed by atoms with van der Waals surface area (Å²) >= 11 is 0. The third-order valence-corrected chi connectivity index (χ3v) is 15.8. The van der Waals surface area contributed by atoms with Crippen molar-refractivity contribution < 1.29 is 29.3 Å². The van der Waals surface area contributed by atoms with Crippen LogP contribution in [0.3, 0.4) is 0 Å². The summed E-state index contributed by atoms with van der Waals surface area (Å²) in [5, 5.41) is 19.2. The molecule has 1 fully saturated rings. The van der Waals surface area contributed by atoms with Crippen molar-refractivity contribution in [1.29, 1.82) is 0 Å². The van der Waals surface area contributed by atoms with Gasteiger partial charge in [0.05, 0.1) is 31.0 Å². The van der Waals surface area contributed by atoms with Gasteiger partial charge in [0.25, 0.3) is 0 Å². The lowest BCUT2D eigenvalue weighted by molar-refractivity contribution is -0.154. The predicted octanol–water partition coefficient (Wildman–Crippen LogP) is 19.9. The van der Waals surface area contributed by atoms with Gasteiger partial charge in [-0.2, -0.15) is 0 Å². The molecule has 0 spiro atoms. The molecule has 1 saturated heterocycles. The molecule has 1 atom stereocenters. The third-order valence-electron chi connectivity index (χ3n) is 15.8. The molecule has 0 bridgehead atoms. The lowest BCUT2D eigenvalue weighted by Crippen LogP contribution is -2.40. The van der Waals surface area contributed by atoms with Crippen LogP contribution in [0, 0.1) is 11.3 Å². The molecule has 1 aliphatic heterocycles. The summed E-state index contributed by atoms with van der Waals surface area (Å²) in [4.78, 5) is 24.7. The van der Waals surface area contributed by atoms with E-state index in [0.29, 0.717) is 12.8 Å². The van der Waals surface area contributed by atoms with E-state index in [4.69, 9.17) is 9.47 Å². The van der Waals surface area contributed by atoms with Crippen LogP contribution in [0.1, 0.15) is 347 Å². The van der Waals surface area contributed by atoms with Crippen molar-refractivity contribution >= 4 is 11.9 Å². The Balaban J connectivity index is 1.68. The van der Waals surface area contributed by atoms with Gasteiger partial charge in [-0.25, -0.2) is 0 Å². The molecule has 70 heavy (non-hydrogen) atoms. The Morgan fingerprint density at radius 1 is 0.371 bits per heavy atom. The van der Waals surface area contributed by atoms with Gasteiger partial charge in [0.15, 0.2) is 0 Å². The predicted molar refractivity (Wildman–Crippen MR) is 302 cm³/mol. The molecule has 0 aliphatic carbocycles. The molecular weight excluding hydrogens is 865 g/mol. The lowest BCUT2D eigenvalue weighted by atomic mass is 9.92. The molecule has 0 aromatic rings. The number of allylic oxidation sites excluding steroid dienone is 2. The van der Waals surface area contributed by atoms with Gasteiger partial charge in [-0.05, 0) is 25.7 Å². The first-order valence-electron chi connectivity index (χ1n) is 31.8. The van der Waals surface area contributed by atoms with E-state index in [9.17, 15) is 19.8 Å². The van der Waals surface area contributed by atoms with Crippen LogP contribution in [-0.4, -0.2) is 48.6 Å². The van der Waals surface area contributed by atoms with Crippen LogP contribution in [0.4, 0.5) is 0 Å². The van der Waals surface area contributed by atoms with Crippen LogP contribution in [0.25, 0.3) is 0 Å². The zero-order valence-corrected chi connectivity index (χ0v) is 47.1. The minimum absolute atomic E-state index is 0.0283. The number of hydrogen-bond donors (Lipinski definition) is 2. The van der Waals surface area contributed by atoms with Crippen molar-refractivity contribution in [2.24, 2.45) is 11.3 Å². The number of carbonyl (C=O) groups excluding carboxylic acids is 2. The van der Waals surface area contributed by atoms with Gasteiger partial charge in [0, 0.05) is 0 Å². The Kier molecular flexibility index (Phi) is 51.3. The molecule has 6 heteroatoms. The number of rotatable bonds is 55. The van der Waals surface area contributed by atoms with Crippen LogP contribution in [-0.2, 0) is 19.1 Å². The minimum atomic E-state index is -1.14. The van der Waals surface area contributed by atoms with Gasteiger partial charge in [-0.3, -0.25) is 9.59 Å². The first-order valence-corrected chi connectivity index (χ1v) is 31.8. The largest absolute Gasteiger partial charge is 0.465 e. The fourth-order valence-corrected chi connectivity index (χ4v) is 10.6. The molecule has 1 heterocycles. The van der Waals surface area contributed by atoms with Crippen molar-refractivity contribution in [3.63, 3.8) is 0 Å². The van der Waals surface area contributed by atoms with E-state index in [2.05, 4.69) is 19.1 Å². The average molecular weight is 988 g/mol. The number of cyclic esters (lactones) is 2. The van der Waals surface area contributed by atoms with Crippen LogP contribution in [0.15, 0.2) is 12.2 Å². The van der Waals surface area contributed by atoms with E-state index < -0.39 is 36.5 Å². The lowest BCUT2D eigenvalue weighted by Gasteiger charge is -2.27. The number of aliphatic hydroxyl groups excluding tert-OH is 2.